The first kappa shape index (κ1) is 17.4. The largest absolute Gasteiger partial charge is 0.488 e. The fourth-order valence-electron chi connectivity index (χ4n) is 2.64. The number of hydrogen-bond acceptors (Lipinski definition) is 3. The molecule has 0 amide bonds. The summed E-state index contributed by atoms with van der Waals surface area (Å²) >= 11 is 0. The molecule has 130 valence electrons. The number of H-pyrrole nitrogens is 1. The van der Waals surface area contributed by atoms with E-state index >= 15 is 0 Å². The van der Waals surface area contributed by atoms with E-state index in [0.717, 1.165) is 0 Å². The third-order valence-corrected chi connectivity index (χ3v) is 3.80. The van der Waals surface area contributed by atoms with Crippen LogP contribution in [0.3, 0.4) is 0 Å². The van der Waals surface area contributed by atoms with Crippen molar-refractivity contribution in [3.8, 4) is 22.9 Å². The van der Waals surface area contributed by atoms with Gasteiger partial charge in [-0.2, -0.15) is 5.26 Å². The van der Waals surface area contributed by atoms with Crippen molar-refractivity contribution in [2.75, 3.05) is 0 Å². The first-order chi connectivity index (χ1) is 12.5. The Balaban J connectivity index is 2.05. The zero-order chi connectivity index (χ0) is 18.7. The van der Waals surface area contributed by atoms with Gasteiger partial charge in [0.15, 0.2) is 0 Å². The molecular weight excluding hydrogens is 338 g/mol. The Kier molecular flexibility index (Phi) is 4.81. The number of halogens is 2. The van der Waals surface area contributed by atoms with E-state index in [0.29, 0.717) is 22.4 Å². The lowest BCUT2D eigenvalue weighted by atomic mass is 10.00. The second-order valence-electron chi connectivity index (χ2n) is 5.74. The highest BCUT2D eigenvalue weighted by molar-refractivity contribution is 5.75. The van der Waals surface area contributed by atoms with Gasteiger partial charge in [-0.15, -0.1) is 0 Å². The zero-order valence-corrected chi connectivity index (χ0v) is 13.8. The van der Waals surface area contributed by atoms with Crippen LogP contribution in [0.5, 0.6) is 5.75 Å². The summed E-state index contributed by atoms with van der Waals surface area (Å²) in [4.78, 5) is 14.6. The van der Waals surface area contributed by atoms with Crippen LogP contribution in [-0.2, 0) is 6.61 Å². The van der Waals surface area contributed by atoms with Gasteiger partial charge in [0.1, 0.15) is 35.6 Å². The summed E-state index contributed by atoms with van der Waals surface area (Å²) < 4.78 is 32.7. The van der Waals surface area contributed by atoms with Crippen molar-refractivity contribution < 1.29 is 13.5 Å². The van der Waals surface area contributed by atoms with Gasteiger partial charge >= 0.3 is 0 Å². The van der Waals surface area contributed by atoms with Crippen LogP contribution in [0.15, 0.2) is 53.3 Å². The Bertz CT molecular complexity index is 1070. The number of nitrogens with zero attached hydrogens (tertiary/aromatic N) is 1. The van der Waals surface area contributed by atoms with E-state index in [1.807, 2.05) is 6.07 Å². The molecule has 0 unspecified atom stereocenters. The van der Waals surface area contributed by atoms with Crippen LogP contribution in [0.2, 0.25) is 0 Å². The standard InChI is InChI=1S/C20H14F2N2O2/c1-12-7-17(18(10-23)20(25)24-12)16-6-5-15(22)9-19(16)26-11-13-3-2-4-14(21)8-13/h2-9H,11H2,1H3,(H,24,25). The molecule has 0 atom stereocenters. The maximum absolute atomic E-state index is 13.7. The molecule has 3 aromatic rings. The maximum Gasteiger partial charge on any atom is 0.266 e. The Morgan fingerprint density at radius 2 is 1.85 bits per heavy atom. The summed E-state index contributed by atoms with van der Waals surface area (Å²) in [6.45, 7) is 1.70. The van der Waals surface area contributed by atoms with Gasteiger partial charge in [0, 0.05) is 22.9 Å². The van der Waals surface area contributed by atoms with Gasteiger partial charge in [0.05, 0.1) is 0 Å². The summed E-state index contributed by atoms with van der Waals surface area (Å²) in [7, 11) is 0. The van der Waals surface area contributed by atoms with Crippen molar-refractivity contribution in [1.29, 1.82) is 5.26 Å². The quantitative estimate of drug-likeness (QED) is 0.769. The third-order valence-electron chi connectivity index (χ3n) is 3.80. The molecule has 0 fully saturated rings. The topological polar surface area (TPSA) is 65.9 Å². The summed E-state index contributed by atoms with van der Waals surface area (Å²) in [5, 5.41) is 9.31. The van der Waals surface area contributed by atoms with Gasteiger partial charge in [-0.25, -0.2) is 8.78 Å². The number of aromatic amines is 1. The molecule has 1 aromatic heterocycles. The second kappa shape index (κ2) is 7.19. The predicted octanol–water partition coefficient (Wildman–Crippen LogP) is 4.08. The Morgan fingerprint density at radius 1 is 1.08 bits per heavy atom. The molecule has 6 heteroatoms. The third kappa shape index (κ3) is 3.62. The van der Waals surface area contributed by atoms with E-state index in [1.54, 1.807) is 25.1 Å². The Hall–Kier alpha value is -3.46. The predicted molar refractivity (Wildman–Crippen MR) is 92.6 cm³/mol. The van der Waals surface area contributed by atoms with Gasteiger partial charge in [0.25, 0.3) is 5.56 Å². The van der Waals surface area contributed by atoms with E-state index in [9.17, 15) is 18.8 Å². The summed E-state index contributed by atoms with van der Waals surface area (Å²) in [6, 6.07) is 13.2. The van der Waals surface area contributed by atoms with Crippen molar-refractivity contribution in [3.63, 3.8) is 0 Å². The molecule has 3 rings (SSSR count). The molecule has 1 N–H and O–H groups in total. The monoisotopic (exact) mass is 352 g/mol. The van der Waals surface area contributed by atoms with Crippen LogP contribution >= 0.6 is 0 Å². The molecule has 2 aromatic carbocycles. The minimum atomic E-state index is -0.525. The van der Waals surface area contributed by atoms with Crippen LogP contribution in [0.1, 0.15) is 16.8 Å². The lowest BCUT2D eigenvalue weighted by Crippen LogP contribution is -2.13. The van der Waals surface area contributed by atoms with Gasteiger partial charge in [-0.1, -0.05) is 12.1 Å². The minimum absolute atomic E-state index is 0.0122. The molecule has 0 aliphatic rings. The normalized spacial score (nSPS) is 10.4. The molecule has 0 spiro atoms. The maximum atomic E-state index is 13.7. The van der Waals surface area contributed by atoms with Crippen molar-refractivity contribution in [1.82, 2.24) is 4.98 Å². The highest BCUT2D eigenvalue weighted by Crippen LogP contribution is 2.32. The molecule has 0 aliphatic heterocycles. The van der Waals surface area contributed by atoms with Crippen molar-refractivity contribution in [2.45, 2.75) is 13.5 Å². The van der Waals surface area contributed by atoms with Crippen molar-refractivity contribution >= 4 is 0 Å². The second-order valence-corrected chi connectivity index (χ2v) is 5.74. The molecule has 4 nitrogen and oxygen atoms in total. The summed E-state index contributed by atoms with van der Waals surface area (Å²) in [5.74, 6) is -0.763. The van der Waals surface area contributed by atoms with Crippen LogP contribution in [0.25, 0.3) is 11.1 Å². The van der Waals surface area contributed by atoms with E-state index in [4.69, 9.17) is 4.74 Å². The van der Waals surface area contributed by atoms with Gasteiger partial charge in [-0.05, 0) is 42.8 Å². The first-order valence-corrected chi connectivity index (χ1v) is 7.79. The number of hydrogen-bond donors (Lipinski definition) is 1. The highest BCUT2D eigenvalue weighted by Gasteiger charge is 2.15. The van der Waals surface area contributed by atoms with E-state index in [1.165, 1.54) is 30.3 Å². The SMILES string of the molecule is Cc1cc(-c2ccc(F)cc2OCc2cccc(F)c2)c(C#N)c(=O)[nH]1. The summed E-state index contributed by atoms with van der Waals surface area (Å²) in [5.41, 5.74) is 1.28. The number of aryl methyl sites for hydroxylation is 1. The van der Waals surface area contributed by atoms with Crippen LogP contribution in [0.4, 0.5) is 8.78 Å². The van der Waals surface area contributed by atoms with Gasteiger partial charge in [-0.3, -0.25) is 4.79 Å². The minimum Gasteiger partial charge on any atom is -0.488 e. The summed E-state index contributed by atoms with van der Waals surface area (Å²) in [6.07, 6.45) is 0. The first-order valence-electron chi connectivity index (χ1n) is 7.79. The lowest BCUT2D eigenvalue weighted by Gasteiger charge is -2.13. The molecule has 1 heterocycles. The number of aromatic nitrogens is 1. The van der Waals surface area contributed by atoms with Crippen LogP contribution in [-0.4, -0.2) is 4.98 Å². The molecule has 26 heavy (non-hydrogen) atoms. The zero-order valence-electron chi connectivity index (χ0n) is 13.8. The Morgan fingerprint density at radius 3 is 2.58 bits per heavy atom. The number of nitrogens with one attached hydrogen (secondary N) is 1. The average Bonchev–Trinajstić information content (AvgIpc) is 2.59. The smallest absolute Gasteiger partial charge is 0.266 e. The molecule has 0 saturated carbocycles. The van der Waals surface area contributed by atoms with Crippen LogP contribution in [0, 0.1) is 29.9 Å². The number of rotatable bonds is 4. The van der Waals surface area contributed by atoms with E-state index in [-0.39, 0.29) is 17.9 Å². The van der Waals surface area contributed by atoms with Crippen molar-refractivity contribution in [2.24, 2.45) is 0 Å². The fraction of sp³-hybridized carbons (Fsp3) is 0.100. The number of benzene rings is 2. The molecule has 0 bridgehead atoms. The van der Waals surface area contributed by atoms with Crippen LogP contribution < -0.4 is 10.3 Å². The van der Waals surface area contributed by atoms with E-state index in [2.05, 4.69) is 4.98 Å². The number of nitriles is 1. The molecule has 0 radical (unpaired) electrons. The highest BCUT2D eigenvalue weighted by atomic mass is 19.1. The van der Waals surface area contributed by atoms with E-state index < -0.39 is 17.2 Å². The number of pyridine rings is 1. The molecular formula is C20H14F2N2O2. The fourth-order valence-corrected chi connectivity index (χ4v) is 2.64. The number of ether oxygens (including phenoxy) is 1. The lowest BCUT2D eigenvalue weighted by molar-refractivity contribution is 0.305. The van der Waals surface area contributed by atoms with Gasteiger partial charge < -0.3 is 9.72 Å². The average molecular weight is 352 g/mol. The van der Waals surface area contributed by atoms with Crippen molar-refractivity contribution in [3.05, 3.63) is 87.3 Å². The van der Waals surface area contributed by atoms with Gasteiger partial charge in [0.2, 0.25) is 0 Å². The molecule has 0 aliphatic carbocycles. The molecule has 0 saturated heterocycles. The Labute approximate surface area is 148 Å².